The van der Waals surface area contributed by atoms with Crippen LogP contribution < -0.4 is 10.1 Å². The Morgan fingerprint density at radius 1 is 1.35 bits per heavy atom. The summed E-state index contributed by atoms with van der Waals surface area (Å²) in [4.78, 5) is 0. The van der Waals surface area contributed by atoms with Gasteiger partial charge in [-0.1, -0.05) is 12.1 Å². The summed E-state index contributed by atoms with van der Waals surface area (Å²) in [7, 11) is 1.66. The van der Waals surface area contributed by atoms with E-state index in [1.54, 1.807) is 7.11 Å². The average molecular weight is 235 g/mol. The van der Waals surface area contributed by atoms with Crippen molar-refractivity contribution in [2.45, 2.75) is 25.3 Å². The number of aliphatic hydroxyl groups is 1. The van der Waals surface area contributed by atoms with Crippen LogP contribution in [0.3, 0.4) is 0 Å². The third kappa shape index (κ3) is 2.99. The Bertz CT molecular complexity index is 359. The Kier molecular flexibility index (Phi) is 3.69. The van der Waals surface area contributed by atoms with Crippen molar-refractivity contribution >= 4 is 0 Å². The van der Waals surface area contributed by atoms with Crippen LogP contribution in [0.4, 0.5) is 0 Å². The fraction of sp³-hybridized carbons (Fsp3) is 0.571. The molecule has 0 saturated heterocycles. The third-order valence-corrected chi connectivity index (χ3v) is 3.52. The monoisotopic (exact) mass is 235 g/mol. The molecule has 1 saturated carbocycles. The molecule has 0 bridgehead atoms. The van der Waals surface area contributed by atoms with Crippen molar-refractivity contribution in [2.75, 3.05) is 20.3 Å². The maximum atomic E-state index is 9.60. The highest BCUT2D eigenvalue weighted by molar-refractivity contribution is 5.31. The van der Waals surface area contributed by atoms with Gasteiger partial charge in [-0.15, -0.1) is 0 Å². The van der Waals surface area contributed by atoms with E-state index in [0.29, 0.717) is 0 Å². The van der Waals surface area contributed by atoms with Gasteiger partial charge in [0.15, 0.2) is 0 Å². The molecule has 2 N–H and O–H groups in total. The Balaban J connectivity index is 2.07. The van der Waals surface area contributed by atoms with Crippen molar-refractivity contribution in [3.8, 4) is 5.75 Å². The summed E-state index contributed by atoms with van der Waals surface area (Å²) in [6.45, 7) is 3.13. The lowest BCUT2D eigenvalue weighted by atomic mass is 9.92. The number of ether oxygens (including phenoxy) is 1. The van der Waals surface area contributed by atoms with Crippen LogP contribution in [0.5, 0.6) is 5.75 Å². The van der Waals surface area contributed by atoms with Gasteiger partial charge >= 0.3 is 0 Å². The van der Waals surface area contributed by atoms with Crippen molar-refractivity contribution < 1.29 is 9.84 Å². The first-order chi connectivity index (χ1) is 8.18. The number of benzene rings is 1. The molecule has 1 atom stereocenters. The summed E-state index contributed by atoms with van der Waals surface area (Å²) in [5, 5.41) is 13.1. The zero-order valence-electron chi connectivity index (χ0n) is 10.6. The quantitative estimate of drug-likeness (QED) is 0.791. The Morgan fingerprint density at radius 3 is 2.47 bits per heavy atom. The van der Waals surface area contributed by atoms with E-state index in [1.807, 2.05) is 31.2 Å². The van der Waals surface area contributed by atoms with Crippen molar-refractivity contribution in [3.63, 3.8) is 0 Å². The summed E-state index contributed by atoms with van der Waals surface area (Å²) >= 11 is 0. The fourth-order valence-corrected chi connectivity index (χ4v) is 1.90. The van der Waals surface area contributed by atoms with Crippen molar-refractivity contribution in [3.05, 3.63) is 29.8 Å². The van der Waals surface area contributed by atoms with Crippen LogP contribution >= 0.6 is 0 Å². The Morgan fingerprint density at radius 2 is 2.00 bits per heavy atom. The van der Waals surface area contributed by atoms with E-state index in [0.717, 1.165) is 23.8 Å². The summed E-state index contributed by atoms with van der Waals surface area (Å²) in [6, 6.07) is 7.88. The number of hydrogen-bond donors (Lipinski definition) is 2. The van der Waals surface area contributed by atoms with E-state index in [4.69, 9.17) is 4.74 Å². The molecule has 0 spiro atoms. The Hall–Kier alpha value is -1.06. The predicted octanol–water partition coefficient (Wildman–Crippen LogP) is 1.90. The number of aliphatic hydroxyl groups excluding tert-OH is 1. The van der Waals surface area contributed by atoms with Gasteiger partial charge in [-0.2, -0.15) is 0 Å². The van der Waals surface area contributed by atoms with E-state index in [2.05, 4.69) is 5.32 Å². The molecular formula is C14H21NO2. The molecule has 0 amide bonds. The van der Waals surface area contributed by atoms with Crippen molar-refractivity contribution in [2.24, 2.45) is 5.92 Å². The molecule has 1 aliphatic rings. The first-order valence-corrected chi connectivity index (χ1v) is 6.18. The van der Waals surface area contributed by atoms with Gasteiger partial charge in [0.05, 0.1) is 19.3 Å². The molecule has 1 fully saturated rings. The van der Waals surface area contributed by atoms with E-state index >= 15 is 0 Å². The zero-order valence-corrected chi connectivity index (χ0v) is 10.6. The van der Waals surface area contributed by atoms with E-state index in [1.165, 1.54) is 12.8 Å². The minimum atomic E-state index is -0.352. The van der Waals surface area contributed by atoms with E-state index in [9.17, 15) is 5.11 Å². The maximum Gasteiger partial charge on any atom is 0.118 e. The smallest absolute Gasteiger partial charge is 0.118 e. The molecule has 94 valence electrons. The van der Waals surface area contributed by atoms with Gasteiger partial charge in [0.2, 0.25) is 0 Å². The second-order valence-corrected chi connectivity index (χ2v) is 5.04. The highest BCUT2D eigenvalue weighted by Crippen LogP contribution is 2.30. The molecule has 1 aromatic carbocycles. The maximum absolute atomic E-state index is 9.60. The van der Waals surface area contributed by atoms with Gasteiger partial charge in [0.1, 0.15) is 5.75 Å². The molecule has 2 rings (SSSR count). The first kappa shape index (κ1) is 12.4. The molecule has 0 heterocycles. The highest BCUT2D eigenvalue weighted by Gasteiger charge is 2.29. The van der Waals surface area contributed by atoms with Crippen LogP contribution in [-0.2, 0) is 5.54 Å². The third-order valence-electron chi connectivity index (χ3n) is 3.52. The largest absolute Gasteiger partial charge is 0.497 e. The van der Waals surface area contributed by atoms with Crippen LogP contribution in [0.15, 0.2) is 24.3 Å². The number of nitrogens with one attached hydrogen (secondary N) is 1. The molecule has 0 radical (unpaired) electrons. The predicted molar refractivity (Wildman–Crippen MR) is 68.2 cm³/mol. The SMILES string of the molecule is COc1ccc(C(C)(CO)NCC2CC2)cc1. The van der Waals surface area contributed by atoms with E-state index < -0.39 is 0 Å². The summed E-state index contributed by atoms with van der Waals surface area (Å²) < 4.78 is 5.14. The highest BCUT2D eigenvalue weighted by atomic mass is 16.5. The molecule has 1 unspecified atom stereocenters. The van der Waals surface area contributed by atoms with Gasteiger partial charge < -0.3 is 15.2 Å². The van der Waals surface area contributed by atoms with Crippen LogP contribution in [0.1, 0.15) is 25.3 Å². The van der Waals surface area contributed by atoms with Gasteiger partial charge in [0, 0.05) is 0 Å². The molecule has 17 heavy (non-hydrogen) atoms. The summed E-state index contributed by atoms with van der Waals surface area (Å²) in [5.41, 5.74) is 0.746. The molecule has 3 heteroatoms. The van der Waals surface area contributed by atoms with Crippen molar-refractivity contribution in [1.82, 2.24) is 5.32 Å². The molecule has 3 nitrogen and oxygen atoms in total. The second kappa shape index (κ2) is 5.07. The van der Waals surface area contributed by atoms with Crippen LogP contribution in [0.25, 0.3) is 0 Å². The fourth-order valence-electron chi connectivity index (χ4n) is 1.90. The van der Waals surface area contributed by atoms with Gasteiger partial charge in [0.25, 0.3) is 0 Å². The molecule has 1 aromatic rings. The lowest BCUT2D eigenvalue weighted by Crippen LogP contribution is -2.43. The molecular weight excluding hydrogens is 214 g/mol. The van der Waals surface area contributed by atoms with Gasteiger partial charge in [-0.3, -0.25) is 0 Å². The lowest BCUT2D eigenvalue weighted by molar-refractivity contribution is 0.173. The average Bonchev–Trinajstić information content (AvgIpc) is 3.20. The lowest BCUT2D eigenvalue weighted by Gasteiger charge is -2.29. The normalized spacial score (nSPS) is 18.8. The van der Waals surface area contributed by atoms with Gasteiger partial charge in [-0.05, 0) is 49.9 Å². The summed E-state index contributed by atoms with van der Waals surface area (Å²) in [6.07, 6.45) is 2.63. The minimum absolute atomic E-state index is 0.103. The molecule has 0 aliphatic heterocycles. The van der Waals surface area contributed by atoms with Crippen LogP contribution in [0.2, 0.25) is 0 Å². The Labute approximate surface area is 103 Å². The first-order valence-electron chi connectivity index (χ1n) is 6.18. The number of methoxy groups -OCH3 is 1. The van der Waals surface area contributed by atoms with Gasteiger partial charge in [-0.25, -0.2) is 0 Å². The topological polar surface area (TPSA) is 41.5 Å². The van der Waals surface area contributed by atoms with Crippen LogP contribution in [-0.4, -0.2) is 25.4 Å². The molecule has 0 aromatic heterocycles. The molecule has 1 aliphatic carbocycles. The van der Waals surface area contributed by atoms with E-state index in [-0.39, 0.29) is 12.1 Å². The number of hydrogen-bond acceptors (Lipinski definition) is 3. The van der Waals surface area contributed by atoms with Crippen molar-refractivity contribution in [1.29, 1.82) is 0 Å². The number of rotatable bonds is 6. The second-order valence-electron chi connectivity index (χ2n) is 5.04. The standard InChI is InChI=1S/C14H21NO2/c1-14(10-16,15-9-11-3-4-11)12-5-7-13(17-2)8-6-12/h5-8,11,15-16H,3-4,9-10H2,1-2H3. The minimum Gasteiger partial charge on any atom is -0.497 e. The van der Waals surface area contributed by atoms with Crippen LogP contribution in [0, 0.1) is 5.92 Å². The summed E-state index contributed by atoms with van der Waals surface area (Å²) in [5.74, 6) is 1.65. The zero-order chi connectivity index (χ0) is 12.3.